The fourth-order valence-electron chi connectivity index (χ4n) is 8.55. The van der Waals surface area contributed by atoms with Gasteiger partial charge < -0.3 is 68.8 Å². The maximum Gasteiger partial charge on any atom is 0.414 e. The van der Waals surface area contributed by atoms with Crippen LogP contribution >= 0.6 is 0 Å². The van der Waals surface area contributed by atoms with Gasteiger partial charge in [0.05, 0.1) is 43.8 Å². The Morgan fingerprint density at radius 1 is 0.973 bits per heavy atom. The van der Waals surface area contributed by atoms with E-state index in [1.54, 1.807) is 47.0 Å². The maximum atomic E-state index is 13.9. The van der Waals surface area contributed by atoms with Crippen LogP contribution in [0, 0.1) is 0 Å². The van der Waals surface area contributed by atoms with Crippen LogP contribution in [-0.2, 0) is 42.6 Å². The fraction of sp³-hybridized carbons (Fsp3) is 0.449. The van der Waals surface area contributed by atoms with Crippen LogP contribution in [0.25, 0.3) is 11.4 Å². The predicted octanol–water partition coefficient (Wildman–Crippen LogP) is 4.81. The van der Waals surface area contributed by atoms with Gasteiger partial charge in [-0.05, 0) is 82.2 Å². The molecule has 2 saturated heterocycles. The Hall–Kier alpha value is -7.99. The third-order valence-corrected chi connectivity index (χ3v) is 12.2. The van der Waals surface area contributed by atoms with E-state index in [0.717, 1.165) is 17.7 Å². The number of carboxylic acid groups (broad SMARTS) is 1. The zero-order valence-electron chi connectivity index (χ0n) is 41.0. The number of ether oxygens (including phenoxy) is 6. The van der Waals surface area contributed by atoms with Gasteiger partial charge in [-0.25, -0.2) is 29.3 Å². The van der Waals surface area contributed by atoms with Crippen molar-refractivity contribution in [2.45, 2.75) is 82.9 Å². The number of imidazole rings is 2. The summed E-state index contributed by atoms with van der Waals surface area (Å²) < 4.78 is 36.8. The van der Waals surface area contributed by atoms with E-state index in [1.165, 1.54) is 50.1 Å². The van der Waals surface area contributed by atoms with Gasteiger partial charge in [-0.15, -0.1) is 0 Å². The number of fused-ring (bicyclic) bond motifs is 2. The zero-order chi connectivity index (χ0) is 52.2. The van der Waals surface area contributed by atoms with Gasteiger partial charge in [0, 0.05) is 63.7 Å². The van der Waals surface area contributed by atoms with E-state index in [2.05, 4.69) is 37.8 Å². The number of hydrogen-bond donors (Lipinski definition) is 5. The maximum absolute atomic E-state index is 13.9. The van der Waals surface area contributed by atoms with E-state index in [1.807, 2.05) is 0 Å². The lowest BCUT2D eigenvalue weighted by Gasteiger charge is -2.37. The SMILES string of the molecule is C=CCOC(=O)N[C@@H](C)C(=O)OCCCNC(=O)c1cnc(C(=O)Nc2ccc(-c3nc(NC(=O)CCCOc4cc5c(cc4OC)C(=O)N4CCCC4C(OC4CCCCO4)N5C(=O)O)cn3C)cc2)n1C. The quantitative estimate of drug-likeness (QED) is 0.0425. The molecule has 0 spiro atoms. The number of hydrogen-bond acceptors (Lipinski definition) is 15. The molecule has 0 aliphatic carbocycles. The number of nitrogens with one attached hydrogen (secondary N) is 4. The molecular formula is C49H60N10O14. The van der Waals surface area contributed by atoms with Crippen molar-refractivity contribution in [2.75, 3.05) is 62.2 Å². The smallest absolute Gasteiger partial charge is 0.414 e. The first-order valence-corrected chi connectivity index (χ1v) is 23.9. The summed E-state index contributed by atoms with van der Waals surface area (Å²) in [6, 6.07) is 8.35. The van der Waals surface area contributed by atoms with Crippen molar-refractivity contribution in [3.05, 3.63) is 78.5 Å². The average molecular weight is 1010 g/mol. The summed E-state index contributed by atoms with van der Waals surface area (Å²) in [5.41, 5.74) is 1.51. The van der Waals surface area contributed by atoms with Crippen molar-refractivity contribution in [3.8, 4) is 22.9 Å². The number of rotatable bonds is 21. The van der Waals surface area contributed by atoms with E-state index in [4.69, 9.17) is 28.4 Å². The Kier molecular flexibility index (Phi) is 17.7. The van der Waals surface area contributed by atoms with Crippen molar-refractivity contribution in [2.24, 2.45) is 14.1 Å². The molecule has 2 aromatic heterocycles. The number of nitrogens with zero attached hydrogens (tertiary/aromatic N) is 6. The van der Waals surface area contributed by atoms with Gasteiger partial charge in [0.2, 0.25) is 5.91 Å². The lowest BCUT2D eigenvalue weighted by atomic mass is 10.1. The molecule has 3 unspecified atom stereocenters. The van der Waals surface area contributed by atoms with Crippen molar-refractivity contribution < 1.29 is 67.1 Å². The number of aryl methyl sites for hydroxylation is 1. The number of esters is 1. The average Bonchev–Trinajstić information content (AvgIpc) is 4.11. The summed E-state index contributed by atoms with van der Waals surface area (Å²) >= 11 is 0. The second-order valence-electron chi connectivity index (χ2n) is 17.4. The number of benzene rings is 2. The number of aromatic nitrogens is 4. The lowest BCUT2D eigenvalue weighted by Crippen LogP contribution is -2.53. The molecule has 24 nitrogen and oxygen atoms in total. The highest BCUT2D eigenvalue weighted by atomic mass is 16.7. The number of alkyl carbamates (subject to hydrolysis) is 1. The third kappa shape index (κ3) is 12.9. The summed E-state index contributed by atoms with van der Waals surface area (Å²) in [6.45, 7) is 6.03. The second kappa shape index (κ2) is 24.4. The van der Waals surface area contributed by atoms with Crippen LogP contribution in [0.5, 0.6) is 11.5 Å². The first kappa shape index (κ1) is 52.8. The molecule has 7 rings (SSSR count). The van der Waals surface area contributed by atoms with E-state index in [0.29, 0.717) is 55.3 Å². The largest absolute Gasteiger partial charge is 0.493 e. The standard InChI is InChI=1S/C49H60N10O14/c1-6-21-72-48(65)52-29(2)47(64)71-24-11-19-50-43(61)35-27-51-42(57(35)4)44(62)53-31-17-15-30(16-18-31)41-55-38(28-56(41)3)54-39(60)13-10-23-69-37-26-34-32(25-36(37)68-5)45(63)58-20-9-12-33(58)46(59(34)49(66)67)73-40-14-7-8-22-70-40/h6,15-18,25-29,33,40,46H,1,7-14,19-24H2,2-5H3,(H,50,61)(H,52,65)(H,53,62)(H,54,60)(H,66,67)/t29-,33?,40?,46?/m0/s1. The summed E-state index contributed by atoms with van der Waals surface area (Å²) in [6.07, 6.45) is 4.88. The highest BCUT2D eigenvalue weighted by Gasteiger charge is 2.47. The first-order chi connectivity index (χ1) is 35.2. The molecular weight excluding hydrogens is 953 g/mol. The Morgan fingerprint density at radius 2 is 1.77 bits per heavy atom. The molecule has 2 aromatic carbocycles. The highest BCUT2D eigenvalue weighted by molar-refractivity contribution is 6.06. The zero-order valence-corrected chi connectivity index (χ0v) is 41.0. The van der Waals surface area contributed by atoms with Crippen LogP contribution in [0.2, 0.25) is 0 Å². The number of anilines is 3. The summed E-state index contributed by atoms with van der Waals surface area (Å²) in [5.74, 6) is -1.13. The van der Waals surface area contributed by atoms with Crippen LogP contribution in [0.4, 0.5) is 26.8 Å². The van der Waals surface area contributed by atoms with Gasteiger partial charge >= 0.3 is 18.2 Å². The molecule has 390 valence electrons. The molecule has 5 heterocycles. The second-order valence-corrected chi connectivity index (χ2v) is 17.4. The van der Waals surface area contributed by atoms with Crippen LogP contribution in [0.3, 0.4) is 0 Å². The van der Waals surface area contributed by atoms with Gasteiger partial charge in [0.1, 0.15) is 24.2 Å². The number of carbonyl (C=O) groups excluding carboxylic acids is 6. The normalized spacial score (nSPS) is 17.5. The third-order valence-electron chi connectivity index (χ3n) is 12.2. The predicted molar refractivity (Wildman–Crippen MR) is 261 cm³/mol. The van der Waals surface area contributed by atoms with Crippen LogP contribution in [0.15, 0.2) is 61.4 Å². The Morgan fingerprint density at radius 3 is 2.49 bits per heavy atom. The van der Waals surface area contributed by atoms with Gasteiger partial charge in [-0.3, -0.25) is 19.2 Å². The Labute approximate surface area is 420 Å². The molecule has 4 aromatic rings. The molecule has 0 radical (unpaired) electrons. The van der Waals surface area contributed by atoms with Crippen LogP contribution < -0.4 is 35.6 Å². The van der Waals surface area contributed by atoms with Crippen molar-refractivity contribution in [3.63, 3.8) is 0 Å². The minimum absolute atomic E-state index is 0.00554. The van der Waals surface area contributed by atoms with E-state index in [9.17, 15) is 38.7 Å². The van der Waals surface area contributed by atoms with Crippen molar-refractivity contribution >= 4 is 59.0 Å². The summed E-state index contributed by atoms with van der Waals surface area (Å²) in [4.78, 5) is 101. The molecule has 2 fully saturated rings. The van der Waals surface area contributed by atoms with Crippen LogP contribution in [-0.4, -0.2) is 142 Å². The van der Waals surface area contributed by atoms with E-state index in [-0.39, 0.29) is 91.7 Å². The molecule has 3 aliphatic rings. The van der Waals surface area contributed by atoms with E-state index >= 15 is 0 Å². The fourth-order valence-corrected chi connectivity index (χ4v) is 8.55. The molecule has 73 heavy (non-hydrogen) atoms. The molecule has 4 atom stereocenters. The van der Waals surface area contributed by atoms with E-state index < -0.39 is 54.6 Å². The molecule has 0 bridgehead atoms. The topological polar surface area (TPSA) is 285 Å². The number of carbonyl (C=O) groups is 7. The highest BCUT2D eigenvalue weighted by Crippen LogP contribution is 2.42. The molecule has 24 heteroatoms. The minimum Gasteiger partial charge on any atom is -0.493 e. The molecule has 0 saturated carbocycles. The van der Waals surface area contributed by atoms with Crippen molar-refractivity contribution in [1.82, 2.24) is 34.6 Å². The van der Waals surface area contributed by atoms with Gasteiger partial charge in [-0.2, -0.15) is 0 Å². The summed E-state index contributed by atoms with van der Waals surface area (Å²) in [7, 11) is 4.72. The van der Waals surface area contributed by atoms with Crippen LogP contribution in [0.1, 0.15) is 89.8 Å². The molecule has 3 aliphatic heterocycles. The van der Waals surface area contributed by atoms with Crippen molar-refractivity contribution in [1.29, 1.82) is 0 Å². The first-order valence-electron chi connectivity index (χ1n) is 23.9. The minimum atomic E-state index is -1.29. The Balaban J connectivity index is 0.879. The number of amides is 6. The van der Waals surface area contributed by atoms with Gasteiger partial charge in [0.25, 0.3) is 17.7 Å². The molecule has 6 amide bonds. The Bertz CT molecular complexity index is 2680. The summed E-state index contributed by atoms with van der Waals surface area (Å²) in [5, 5.41) is 21.2. The monoisotopic (exact) mass is 1010 g/mol. The van der Waals surface area contributed by atoms with Gasteiger partial charge in [-0.1, -0.05) is 12.7 Å². The van der Waals surface area contributed by atoms with Gasteiger partial charge in [0.15, 0.2) is 35.7 Å². The number of methoxy groups -OCH3 is 1. The lowest BCUT2D eigenvalue weighted by molar-refractivity contribution is -0.195. The molecule has 5 N–H and O–H groups in total.